The van der Waals surface area contributed by atoms with E-state index in [0.717, 1.165) is 38.2 Å². The molecule has 0 aliphatic carbocycles. The van der Waals surface area contributed by atoms with Crippen molar-refractivity contribution in [3.8, 4) is 6.07 Å². The fourth-order valence-corrected chi connectivity index (χ4v) is 3.73. The van der Waals surface area contributed by atoms with Crippen LogP contribution >= 0.6 is 0 Å². The van der Waals surface area contributed by atoms with Crippen LogP contribution in [0.2, 0.25) is 0 Å². The second-order valence-electron chi connectivity index (χ2n) is 6.93. The van der Waals surface area contributed by atoms with Gasteiger partial charge >= 0.3 is 0 Å². The molecule has 3 rings (SSSR count). The monoisotopic (exact) mass is 342 g/mol. The molecule has 0 aromatic heterocycles. The Morgan fingerprint density at radius 2 is 1.92 bits per heavy atom. The van der Waals surface area contributed by atoms with E-state index in [2.05, 4.69) is 15.9 Å². The predicted octanol–water partition coefficient (Wildman–Crippen LogP) is 0.710. The van der Waals surface area contributed by atoms with Crippen molar-refractivity contribution in [3.05, 3.63) is 35.9 Å². The topological polar surface area (TPSA) is 70.8 Å². The highest BCUT2D eigenvalue weighted by Crippen LogP contribution is 2.21. The Balaban J connectivity index is 1.50. The molecule has 0 radical (unpaired) electrons. The molecule has 2 atom stereocenters. The number of hydrogen-bond donors (Lipinski definition) is 1. The zero-order valence-electron chi connectivity index (χ0n) is 14.5. The van der Waals surface area contributed by atoms with Gasteiger partial charge in [-0.2, -0.15) is 5.26 Å². The summed E-state index contributed by atoms with van der Waals surface area (Å²) in [4.78, 5) is 18.7. The molecular weight excluding hydrogens is 316 g/mol. The van der Waals surface area contributed by atoms with E-state index >= 15 is 0 Å². The fraction of sp³-hybridized carbons (Fsp3) is 0.579. The van der Waals surface area contributed by atoms with Gasteiger partial charge in [0, 0.05) is 39.3 Å². The Bertz CT molecular complexity index is 608. The molecule has 2 aliphatic heterocycles. The lowest BCUT2D eigenvalue weighted by Gasteiger charge is -2.37. The highest BCUT2D eigenvalue weighted by atomic mass is 16.3. The van der Waals surface area contributed by atoms with Crippen molar-refractivity contribution in [3.63, 3.8) is 0 Å². The average molecular weight is 342 g/mol. The van der Waals surface area contributed by atoms with Crippen LogP contribution < -0.4 is 0 Å². The molecule has 25 heavy (non-hydrogen) atoms. The van der Waals surface area contributed by atoms with Gasteiger partial charge in [-0.25, -0.2) is 0 Å². The Kier molecular flexibility index (Phi) is 6.03. The van der Waals surface area contributed by atoms with Crippen molar-refractivity contribution >= 4 is 5.91 Å². The van der Waals surface area contributed by atoms with Gasteiger partial charge in [0.1, 0.15) is 6.04 Å². The molecule has 6 nitrogen and oxygen atoms in total. The largest absolute Gasteiger partial charge is 0.396 e. The minimum absolute atomic E-state index is 0.159. The number of carbonyl (C=O) groups excluding carboxylic acids is 1. The van der Waals surface area contributed by atoms with Crippen molar-refractivity contribution in [2.75, 3.05) is 52.4 Å². The van der Waals surface area contributed by atoms with Gasteiger partial charge in [0.2, 0.25) is 5.91 Å². The number of aliphatic hydroxyl groups excluding tert-OH is 1. The standard InChI is InChI=1S/C19H26N4O2/c20-12-18(17-4-2-1-3-5-17)22-8-10-23(11-9-22)19(25)14-21-7-6-16(13-21)15-24/h1-5,16,18,24H,6-11,13-15H2/t16-,18-/m0/s1. The van der Waals surface area contributed by atoms with E-state index in [1.807, 2.05) is 35.2 Å². The molecule has 2 heterocycles. The number of benzene rings is 1. The molecule has 2 saturated heterocycles. The summed E-state index contributed by atoms with van der Waals surface area (Å²) in [7, 11) is 0. The highest BCUT2D eigenvalue weighted by Gasteiger charge is 2.29. The van der Waals surface area contributed by atoms with Gasteiger partial charge < -0.3 is 10.0 Å². The first-order valence-corrected chi connectivity index (χ1v) is 9.01. The first-order valence-electron chi connectivity index (χ1n) is 9.01. The highest BCUT2D eigenvalue weighted by molar-refractivity contribution is 5.78. The van der Waals surface area contributed by atoms with Crippen LogP contribution in [0.5, 0.6) is 0 Å². The van der Waals surface area contributed by atoms with Gasteiger partial charge in [-0.1, -0.05) is 30.3 Å². The van der Waals surface area contributed by atoms with Gasteiger partial charge in [-0.05, 0) is 24.4 Å². The summed E-state index contributed by atoms with van der Waals surface area (Å²) in [6.07, 6.45) is 0.971. The third kappa shape index (κ3) is 4.37. The summed E-state index contributed by atoms with van der Waals surface area (Å²) in [6, 6.07) is 12.0. The van der Waals surface area contributed by atoms with E-state index in [1.54, 1.807) is 0 Å². The normalized spacial score (nSPS) is 23.4. The Hall–Kier alpha value is -1.94. The maximum atomic E-state index is 12.5. The van der Waals surface area contributed by atoms with Gasteiger partial charge in [-0.3, -0.25) is 14.6 Å². The third-order valence-electron chi connectivity index (χ3n) is 5.26. The lowest BCUT2D eigenvalue weighted by Crippen LogP contribution is -2.51. The van der Waals surface area contributed by atoms with E-state index in [-0.39, 0.29) is 18.6 Å². The van der Waals surface area contributed by atoms with Crippen LogP contribution in [0.3, 0.4) is 0 Å². The average Bonchev–Trinajstić information content (AvgIpc) is 3.11. The molecule has 1 aromatic carbocycles. The third-order valence-corrected chi connectivity index (χ3v) is 5.26. The second kappa shape index (κ2) is 8.43. The number of piperazine rings is 1. The van der Waals surface area contributed by atoms with Crippen LogP contribution in [0.1, 0.15) is 18.0 Å². The van der Waals surface area contributed by atoms with E-state index in [1.165, 1.54) is 0 Å². The maximum Gasteiger partial charge on any atom is 0.236 e. The molecule has 1 aromatic rings. The Morgan fingerprint density at radius 1 is 1.20 bits per heavy atom. The number of likely N-dealkylation sites (tertiary alicyclic amines) is 1. The zero-order chi connectivity index (χ0) is 17.6. The SMILES string of the molecule is N#C[C@@H](c1ccccc1)N1CCN(C(=O)CN2CC[C@H](CO)C2)CC1. The van der Waals surface area contributed by atoms with Gasteiger partial charge in [0.05, 0.1) is 12.6 Å². The van der Waals surface area contributed by atoms with Crippen molar-refractivity contribution in [2.24, 2.45) is 5.92 Å². The van der Waals surface area contributed by atoms with Gasteiger partial charge in [0.15, 0.2) is 0 Å². The molecule has 2 aliphatic rings. The van der Waals surface area contributed by atoms with Crippen molar-refractivity contribution < 1.29 is 9.90 Å². The van der Waals surface area contributed by atoms with Crippen molar-refractivity contribution in [1.29, 1.82) is 5.26 Å². The van der Waals surface area contributed by atoms with E-state index in [4.69, 9.17) is 0 Å². The first-order chi connectivity index (χ1) is 12.2. The Labute approximate surface area is 149 Å². The first kappa shape index (κ1) is 17.9. The molecule has 6 heteroatoms. The van der Waals surface area contributed by atoms with Crippen LogP contribution in [0.4, 0.5) is 0 Å². The minimum Gasteiger partial charge on any atom is -0.396 e. The number of aliphatic hydroxyl groups is 1. The molecule has 1 N–H and O–H groups in total. The molecule has 0 spiro atoms. The van der Waals surface area contributed by atoms with Crippen LogP contribution in [-0.2, 0) is 4.79 Å². The van der Waals surface area contributed by atoms with Crippen molar-refractivity contribution in [1.82, 2.24) is 14.7 Å². The van der Waals surface area contributed by atoms with E-state index in [9.17, 15) is 15.2 Å². The van der Waals surface area contributed by atoms with Crippen molar-refractivity contribution in [2.45, 2.75) is 12.5 Å². The summed E-state index contributed by atoms with van der Waals surface area (Å²) in [5.74, 6) is 0.471. The van der Waals surface area contributed by atoms with Crippen LogP contribution in [0.15, 0.2) is 30.3 Å². The summed E-state index contributed by atoms with van der Waals surface area (Å²) in [5.41, 5.74) is 1.01. The lowest BCUT2D eigenvalue weighted by atomic mass is 10.1. The number of amides is 1. The molecule has 134 valence electrons. The summed E-state index contributed by atoms with van der Waals surface area (Å²) >= 11 is 0. The number of nitriles is 1. The molecular formula is C19H26N4O2. The van der Waals surface area contributed by atoms with Gasteiger partial charge in [0.25, 0.3) is 0 Å². The predicted molar refractivity (Wildman–Crippen MR) is 94.6 cm³/mol. The van der Waals surface area contributed by atoms with E-state index in [0.29, 0.717) is 25.6 Å². The van der Waals surface area contributed by atoms with Crippen LogP contribution in [-0.4, -0.2) is 78.1 Å². The van der Waals surface area contributed by atoms with Gasteiger partial charge in [-0.15, -0.1) is 0 Å². The summed E-state index contributed by atoms with van der Waals surface area (Å²) in [5, 5.41) is 18.8. The lowest BCUT2D eigenvalue weighted by molar-refractivity contribution is -0.134. The maximum absolute atomic E-state index is 12.5. The minimum atomic E-state index is -0.248. The van der Waals surface area contributed by atoms with Crippen LogP contribution in [0, 0.1) is 17.2 Å². The fourth-order valence-electron chi connectivity index (χ4n) is 3.73. The molecule has 2 fully saturated rings. The molecule has 0 unspecified atom stereocenters. The number of hydrogen-bond acceptors (Lipinski definition) is 5. The molecule has 1 amide bonds. The number of rotatable bonds is 5. The summed E-state index contributed by atoms with van der Waals surface area (Å²) in [6.45, 7) is 5.13. The number of nitrogens with zero attached hydrogens (tertiary/aromatic N) is 4. The quantitative estimate of drug-likeness (QED) is 0.853. The number of carbonyl (C=O) groups is 1. The molecule has 0 saturated carbocycles. The summed E-state index contributed by atoms with van der Waals surface area (Å²) < 4.78 is 0. The zero-order valence-corrected chi connectivity index (χ0v) is 14.5. The molecule has 0 bridgehead atoms. The van der Waals surface area contributed by atoms with Crippen LogP contribution in [0.25, 0.3) is 0 Å². The smallest absolute Gasteiger partial charge is 0.236 e. The van der Waals surface area contributed by atoms with E-state index < -0.39 is 0 Å². The second-order valence-corrected chi connectivity index (χ2v) is 6.93. The Morgan fingerprint density at radius 3 is 2.52 bits per heavy atom.